The molecule has 0 aromatic heterocycles. The largest absolute Gasteiger partial charge is 0.444 e. The first-order chi connectivity index (χ1) is 20.8. The van der Waals surface area contributed by atoms with Gasteiger partial charge in [-0.3, -0.25) is 19.2 Å². The second kappa shape index (κ2) is 12.9. The maximum atomic E-state index is 14.1. The van der Waals surface area contributed by atoms with Crippen LogP contribution in [0.15, 0.2) is 0 Å². The number of nitrogens with zero attached hydrogens (tertiary/aromatic N) is 1. The molecule has 46 heavy (non-hydrogen) atoms. The number of nitrogens with one attached hydrogen (secondary N) is 3. The Morgan fingerprint density at radius 1 is 0.935 bits per heavy atom. The van der Waals surface area contributed by atoms with Gasteiger partial charge in [-0.2, -0.15) is 13.2 Å². The summed E-state index contributed by atoms with van der Waals surface area (Å²) in [6.45, 7) is 12.5. The molecule has 0 aromatic rings. The van der Waals surface area contributed by atoms with Crippen LogP contribution in [0.4, 0.5) is 18.0 Å². The highest BCUT2D eigenvalue weighted by Gasteiger charge is 2.70. The van der Waals surface area contributed by atoms with Gasteiger partial charge in [-0.1, -0.05) is 33.1 Å². The summed E-state index contributed by atoms with van der Waals surface area (Å²) in [6.07, 6.45) is -3.93. The number of halogens is 3. The van der Waals surface area contributed by atoms with Crippen molar-refractivity contribution >= 4 is 39.6 Å². The van der Waals surface area contributed by atoms with E-state index in [-0.39, 0.29) is 18.4 Å². The number of hydrogen-bond acceptors (Lipinski definition) is 8. The number of piperidine rings is 1. The van der Waals surface area contributed by atoms with E-state index < -0.39 is 92.0 Å². The lowest BCUT2D eigenvalue weighted by Gasteiger charge is -2.37. The first-order valence-electron chi connectivity index (χ1n) is 15.5. The summed E-state index contributed by atoms with van der Waals surface area (Å²) < 4.78 is 70.9. The predicted molar refractivity (Wildman–Crippen MR) is 160 cm³/mol. The molecule has 0 spiro atoms. The van der Waals surface area contributed by atoms with Gasteiger partial charge in [-0.15, -0.1) is 0 Å². The molecule has 1 aliphatic heterocycles. The summed E-state index contributed by atoms with van der Waals surface area (Å²) in [5, 5.41) is 4.69. The maximum absolute atomic E-state index is 14.1. The van der Waals surface area contributed by atoms with Gasteiger partial charge in [0.15, 0.2) is 0 Å². The number of fused-ring (bicyclic) bond motifs is 1. The number of ketones is 1. The maximum Gasteiger partial charge on any atom is 0.408 e. The fourth-order valence-corrected chi connectivity index (χ4v) is 7.11. The van der Waals surface area contributed by atoms with Crippen LogP contribution in [0.5, 0.6) is 0 Å². The van der Waals surface area contributed by atoms with Gasteiger partial charge in [0.25, 0.3) is 0 Å². The number of Topliss-reactive ketones (excluding diaryl/α,β-unsaturated/α-hetero) is 1. The van der Waals surface area contributed by atoms with Gasteiger partial charge in [0.2, 0.25) is 27.6 Å². The lowest BCUT2D eigenvalue weighted by molar-refractivity contribution is -0.155. The number of ether oxygens (including phenoxy) is 1. The van der Waals surface area contributed by atoms with Gasteiger partial charge in [0.05, 0.1) is 11.2 Å². The Bertz CT molecular complexity index is 1330. The third-order valence-electron chi connectivity index (χ3n) is 9.15. The molecule has 12 nitrogen and oxygen atoms in total. The molecule has 5 atom stereocenters. The minimum atomic E-state index is -5.02. The minimum absolute atomic E-state index is 0.0933. The second-order valence-corrected chi connectivity index (χ2v) is 17.6. The van der Waals surface area contributed by atoms with Crippen molar-refractivity contribution in [3.63, 3.8) is 0 Å². The summed E-state index contributed by atoms with van der Waals surface area (Å²) >= 11 is 0. The lowest BCUT2D eigenvalue weighted by Crippen LogP contribution is -2.60. The molecule has 1 heterocycles. The van der Waals surface area contributed by atoms with Crippen molar-refractivity contribution in [3.05, 3.63) is 0 Å². The van der Waals surface area contributed by atoms with E-state index in [0.717, 1.165) is 19.3 Å². The lowest BCUT2D eigenvalue weighted by atomic mass is 9.83. The zero-order chi connectivity index (χ0) is 35.2. The Labute approximate surface area is 268 Å². The molecular weight excluding hydrogens is 633 g/mol. The van der Waals surface area contributed by atoms with Gasteiger partial charge < -0.3 is 20.3 Å². The van der Waals surface area contributed by atoms with Crippen LogP contribution >= 0.6 is 0 Å². The number of amides is 4. The standard InChI is InChI=1S/C30H47F3N4O8S/c1-27(2,3)45-26(42)35-20(16-12-10-9-11-13-16)25(41)37-15-17-19(29(17,7)8)21(37)23(39)34-18(14-30(31,32)33)22(38)24(40)36-46(43,44)28(4,5)6/h16-21H,9-15H2,1-8H3,(H,34,39)(H,35,42)(H,36,40). The van der Waals surface area contributed by atoms with E-state index in [1.165, 1.54) is 30.4 Å². The number of carbonyl (C=O) groups excluding carboxylic acids is 5. The van der Waals surface area contributed by atoms with Crippen LogP contribution in [-0.4, -0.2) is 84.1 Å². The zero-order valence-corrected chi connectivity index (χ0v) is 28.5. The molecule has 2 saturated carbocycles. The van der Waals surface area contributed by atoms with Gasteiger partial charge in [0, 0.05) is 6.54 Å². The first kappa shape index (κ1) is 37.5. The van der Waals surface area contributed by atoms with Crippen LogP contribution in [0.3, 0.4) is 0 Å². The highest BCUT2D eigenvalue weighted by molar-refractivity contribution is 7.91. The van der Waals surface area contributed by atoms with Crippen LogP contribution in [0, 0.1) is 23.2 Å². The molecule has 5 unspecified atom stereocenters. The van der Waals surface area contributed by atoms with Gasteiger partial charge in [-0.25, -0.2) is 17.9 Å². The molecule has 3 rings (SSSR count). The third-order valence-corrected chi connectivity index (χ3v) is 11.2. The SMILES string of the molecule is CC(C)(C)OC(=O)NC(C(=O)N1CC2C(C1C(=O)NC(CC(F)(F)F)C(=O)C(=O)NS(=O)(=O)C(C)(C)C)C2(C)C)C1CCCCC1. The number of alkyl halides is 3. The molecule has 3 N–H and O–H groups in total. The average molecular weight is 681 g/mol. The summed E-state index contributed by atoms with van der Waals surface area (Å²) in [5.74, 6) is -6.22. The van der Waals surface area contributed by atoms with Crippen LogP contribution in [-0.2, 0) is 33.9 Å². The quantitative estimate of drug-likeness (QED) is 0.312. The Balaban J connectivity index is 1.90. The molecule has 3 aliphatic rings. The van der Waals surface area contributed by atoms with Crippen molar-refractivity contribution in [2.24, 2.45) is 23.2 Å². The van der Waals surface area contributed by atoms with Crippen molar-refractivity contribution < 1.29 is 50.3 Å². The van der Waals surface area contributed by atoms with Crippen LogP contribution in [0.1, 0.15) is 93.9 Å². The first-order valence-corrected chi connectivity index (χ1v) is 17.0. The van der Waals surface area contributed by atoms with Crippen molar-refractivity contribution in [1.29, 1.82) is 0 Å². The van der Waals surface area contributed by atoms with Crippen LogP contribution < -0.4 is 15.4 Å². The number of likely N-dealkylation sites (tertiary alicyclic amines) is 1. The number of hydrogen-bond donors (Lipinski definition) is 3. The van der Waals surface area contributed by atoms with E-state index in [9.17, 15) is 45.6 Å². The number of alkyl carbamates (subject to hydrolysis) is 1. The minimum Gasteiger partial charge on any atom is -0.444 e. The smallest absolute Gasteiger partial charge is 0.408 e. The molecule has 16 heteroatoms. The summed E-state index contributed by atoms with van der Waals surface area (Å²) in [5.41, 5.74) is -1.32. The van der Waals surface area contributed by atoms with E-state index in [1.54, 1.807) is 20.8 Å². The summed E-state index contributed by atoms with van der Waals surface area (Å²) in [4.78, 5) is 67.5. The van der Waals surface area contributed by atoms with E-state index >= 15 is 0 Å². The Kier molecular flexibility index (Phi) is 10.6. The van der Waals surface area contributed by atoms with Crippen molar-refractivity contribution in [2.45, 2.75) is 129 Å². The van der Waals surface area contributed by atoms with Gasteiger partial charge >= 0.3 is 18.2 Å². The summed E-state index contributed by atoms with van der Waals surface area (Å²) in [6, 6.07) is -4.81. The van der Waals surface area contributed by atoms with E-state index in [1.807, 2.05) is 19.2 Å². The molecule has 0 radical (unpaired) electrons. The summed E-state index contributed by atoms with van der Waals surface area (Å²) in [7, 11) is -4.45. The van der Waals surface area contributed by atoms with Gasteiger partial charge in [0.1, 0.15) is 23.7 Å². The molecule has 0 bridgehead atoms. The van der Waals surface area contributed by atoms with Crippen LogP contribution in [0.25, 0.3) is 0 Å². The monoisotopic (exact) mass is 680 g/mol. The second-order valence-electron chi connectivity index (χ2n) is 15.2. The Morgan fingerprint density at radius 3 is 2.00 bits per heavy atom. The highest BCUT2D eigenvalue weighted by Crippen LogP contribution is 2.65. The van der Waals surface area contributed by atoms with Gasteiger partial charge in [-0.05, 0) is 77.6 Å². The Hall–Kier alpha value is -2.91. The van der Waals surface area contributed by atoms with E-state index in [0.29, 0.717) is 12.8 Å². The van der Waals surface area contributed by atoms with Crippen molar-refractivity contribution in [3.8, 4) is 0 Å². The van der Waals surface area contributed by atoms with Crippen molar-refractivity contribution in [2.75, 3.05) is 6.54 Å². The molecule has 2 aliphatic carbocycles. The number of rotatable bonds is 9. The molecule has 0 aromatic carbocycles. The third kappa shape index (κ3) is 8.71. The predicted octanol–water partition coefficient (Wildman–Crippen LogP) is 3.19. The highest BCUT2D eigenvalue weighted by atomic mass is 32.2. The van der Waals surface area contributed by atoms with Crippen molar-refractivity contribution in [1.82, 2.24) is 20.3 Å². The van der Waals surface area contributed by atoms with E-state index in [4.69, 9.17) is 4.74 Å². The topological polar surface area (TPSA) is 168 Å². The molecule has 1 saturated heterocycles. The molecule has 4 amide bonds. The van der Waals surface area contributed by atoms with Crippen LogP contribution in [0.2, 0.25) is 0 Å². The fraction of sp³-hybridized carbons (Fsp3) is 0.833. The Morgan fingerprint density at radius 2 is 1.50 bits per heavy atom. The fourth-order valence-electron chi connectivity index (χ4n) is 6.46. The number of sulfonamides is 1. The molecule has 3 fully saturated rings. The number of carbonyl (C=O) groups is 5. The van der Waals surface area contributed by atoms with E-state index in [2.05, 4.69) is 5.32 Å². The zero-order valence-electron chi connectivity index (χ0n) is 27.7. The normalized spacial score (nSPS) is 24.7. The average Bonchev–Trinajstić information content (AvgIpc) is 3.21. The molecule has 262 valence electrons. The molecular formula is C30H47F3N4O8S.